The second kappa shape index (κ2) is 9.29. The molecule has 1 heterocycles. The number of alkyl halides is 3. The van der Waals surface area contributed by atoms with E-state index in [1.54, 1.807) is 0 Å². The average Bonchev–Trinajstić information content (AvgIpc) is 3.07. The number of rotatable bonds is 7. The Morgan fingerprint density at radius 3 is 2.34 bits per heavy atom. The fraction of sp³-hybridized carbons (Fsp3) is 0.455. The highest BCUT2D eigenvalue weighted by atomic mass is 32.2. The molecule has 1 aliphatic heterocycles. The molecule has 3 rings (SSSR count). The van der Waals surface area contributed by atoms with Gasteiger partial charge in [0.2, 0.25) is 10.0 Å². The maximum atomic E-state index is 12.6. The molecule has 2 aromatic carbocycles. The van der Waals surface area contributed by atoms with Crippen molar-refractivity contribution in [3.05, 3.63) is 54.1 Å². The van der Waals surface area contributed by atoms with Crippen LogP contribution in [-0.2, 0) is 16.6 Å². The zero-order valence-electron chi connectivity index (χ0n) is 18.1. The van der Waals surface area contributed by atoms with Gasteiger partial charge in [-0.2, -0.15) is 0 Å². The first-order valence-corrected chi connectivity index (χ1v) is 11.7. The molecule has 1 saturated heterocycles. The number of likely N-dealkylation sites (tertiary alicyclic amines) is 1. The van der Waals surface area contributed by atoms with Crippen LogP contribution in [0.15, 0.2) is 53.4 Å². The summed E-state index contributed by atoms with van der Waals surface area (Å²) >= 11 is 0. The molecule has 0 aromatic heterocycles. The van der Waals surface area contributed by atoms with Crippen LogP contribution in [0.2, 0.25) is 0 Å². The summed E-state index contributed by atoms with van der Waals surface area (Å²) in [5.74, 6) is 0.206. The lowest BCUT2D eigenvalue weighted by atomic mass is 10.1. The molecule has 0 amide bonds. The minimum atomic E-state index is -4.89. The summed E-state index contributed by atoms with van der Waals surface area (Å²) in [7, 11) is -3.98. The van der Waals surface area contributed by atoms with Crippen LogP contribution >= 0.6 is 0 Å². The summed E-state index contributed by atoms with van der Waals surface area (Å²) in [6.45, 7) is 7.79. The lowest BCUT2D eigenvalue weighted by molar-refractivity contribution is -0.274. The number of nitrogens with one attached hydrogen (secondary N) is 1. The summed E-state index contributed by atoms with van der Waals surface area (Å²) in [5.41, 5.74) is 0.797. The van der Waals surface area contributed by atoms with Gasteiger partial charge in [-0.05, 0) is 57.0 Å². The van der Waals surface area contributed by atoms with Crippen molar-refractivity contribution in [3.8, 4) is 11.5 Å². The fourth-order valence-electron chi connectivity index (χ4n) is 3.47. The third-order valence-corrected chi connectivity index (χ3v) is 6.22. The van der Waals surface area contributed by atoms with Crippen molar-refractivity contribution < 1.29 is 31.1 Å². The zero-order valence-corrected chi connectivity index (χ0v) is 19.0. The minimum Gasteiger partial charge on any atom is -0.488 e. The van der Waals surface area contributed by atoms with Gasteiger partial charge in [0, 0.05) is 31.7 Å². The number of hydrogen-bond acceptors (Lipinski definition) is 5. The van der Waals surface area contributed by atoms with Crippen LogP contribution in [0.25, 0.3) is 0 Å². The molecule has 1 fully saturated rings. The highest BCUT2D eigenvalue weighted by Crippen LogP contribution is 2.26. The molecule has 2 aromatic rings. The Bertz CT molecular complexity index is 1020. The van der Waals surface area contributed by atoms with E-state index >= 15 is 0 Å². The van der Waals surface area contributed by atoms with E-state index in [2.05, 4.69) is 14.4 Å². The van der Waals surface area contributed by atoms with Crippen molar-refractivity contribution in [2.24, 2.45) is 0 Å². The van der Waals surface area contributed by atoms with Crippen LogP contribution in [0.4, 0.5) is 13.2 Å². The molecule has 10 heteroatoms. The van der Waals surface area contributed by atoms with E-state index in [1.807, 2.05) is 45.0 Å². The Kier molecular flexibility index (Phi) is 7.06. The highest BCUT2D eigenvalue weighted by molar-refractivity contribution is 7.89. The van der Waals surface area contributed by atoms with Gasteiger partial charge < -0.3 is 9.47 Å². The topological polar surface area (TPSA) is 67.9 Å². The third-order valence-electron chi connectivity index (χ3n) is 4.70. The molecule has 0 aliphatic carbocycles. The van der Waals surface area contributed by atoms with Crippen LogP contribution in [0.1, 0.15) is 32.8 Å². The van der Waals surface area contributed by atoms with Crippen molar-refractivity contribution in [1.29, 1.82) is 0 Å². The molecule has 1 atom stereocenters. The largest absolute Gasteiger partial charge is 0.573 e. The maximum absolute atomic E-state index is 12.6. The number of sulfonamides is 1. The van der Waals surface area contributed by atoms with Gasteiger partial charge in [-0.3, -0.25) is 4.90 Å². The monoisotopic (exact) mass is 472 g/mol. The molecule has 0 radical (unpaired) electrons. The summed E-state index contributed by atoms with van der Waals surface area (Å²) in [6, 6.07) is 11.8. The average molecular weight is 473 g/mol. The molecule has 0 unspecified atom stereocenters. The molecule has 1 aliphatic rings. The molecule has 0 saturated carbocycles. The van der Waals surface area contributed by atoms with Gasteiger partial charge in [-0.1, -0.05) is 18.2 Å². The lowest BCUT2D eigenvalue weighted by Crippen LogP contribution is -2.37. The molecule has 0 spiro atoms. The van der Waals surface area contributed by atoms with Crippen LogP contribution in [0, 0.1) is 0 Å². The smallest absolute Gasteiger partial charge is 0.488 e. The Hall–Kier alpha value is -2.30. The lowest BCUT2D eigenvalue weighted by Gasteiger charge is -2.22. The van der Waals surface area contributed by atoms with Gasteiger partial charge in [0.15, 0.2) is 0 Å². The standard InChI is InChI=1S/C22H27F3N2O4S/c1-21(2,3)30-18-9-7-16(8-10-18)14-27-12-11-17(15-27)26-32(28,29)20-6-4-5-19(13-20)31-22(23,24)25/h4-10,13,17,26H,11-12,14-15H2,1-3H3/t17-/m1/s1. The predicted octanol–water partition coefficient (Wildman–Crippen LogP) is 4.32. The Morgan fingerprint density at radius 1 is 1.03 bits per heavy atom. The molecule has 0 bridgehead atoms. The van der Waals surface area contributed by atoms with Gasteiger partial charge in [-0.15, -0.1) is 13.2 Å². The summed E-state index contributed by atoms with van der Waals surface area (Å²) in [6.07, 6.45) is -4.29. The number of halogens is 3. The molecule has 176 valence electrons. The predicted molar refractivity (Wildman–Crippen MR) is 114 cm³/mol. The first kappa shape index (κ1) is 24.3. The van der Waals surface area contributed by atoms with Crippen molar-refractivity contribution in [3.63, 3.8) is 0 Å². The highest BCUT2D eigenvalue weighted by Gasteiger charge is 2.32. The maximum Gasteiger partial charge on any atom is 0.573 e. The summed E-state index contributed by atoms with van der Waals surface area (Å²) in [4.78, 5) is 1.85. The Balaban J connectivity index is 1.57. The minimum absolute atomic E-state index is 0.271. The zero-order chi connectivity index (χ0) is 23.6. The third kappa shape index (κ3) is 7.39. The van der Waals surface area contributed by atoms with Crippen molar-refractivity contribution >= 4 is 10.0 Å². The molecular weight excluding hydrogens is 445 g/mol. The SMILES string of the molecule is CC(C)(C)Oc1ccc(CN2CC[C@@H](NS(=O)(=O)c3cccc(OC(F)(F)F)c3)C2)cc1. The number of ether oxygens (including phenoxy) is 2. The van der Waals surface area contributed by atoms with E-state index in [-0.39, 0.29) is 16.5 Å². The van der Waals surface area contributed by atoms with E-state index in [9.17, 15) is 21.6 Å². The van der Waals surface area contributed by atoms with Crippen LogP contribution in [-0.4, -0.2) is 44.4 Å². The summed E-state index contributed by atoms with van der Waals surface area (Å²) in [5, 5.41) is 0. The number of nitrogens with zero attached hydrogens (tertiary/aromatic N) is 1. The molecule has 6 nitrogen and oxygen atoms in total. The van der Waals surface area contributed by atoms with Crippen LogP contribution in [0.5, 0.6) is 11.5 Å². The Morgan fingerprint density at radius 2 is 1.72 bits per heavy atom. The molecule has 1 N–H and O–H groups in total. The normalized spacial score (nSPS) is 18.0. The van der Waals surface area contributed by atoms with Gasteiger partial charge >= 0.3 is 6.36 Å². The van der Waals surface area contributed by atoms with Crippen molar-refractivity contribution in [2.45, 2.75) is 56.6 Å². The molecular formula is C22H27F3N2O4S. The fourth-order valence-corrected chi connectivity index (χ4v) is 4.77. The second-order valence-corrected chi connectivity index (χ2v) is 10.4. The quantitative estimate of drug-likeness (QED) is 0.650. The van der Waals surface area contributed by atoms with Crippen LogP contribution in [0.3, 0.4) is 0 Å². The summed E-state index contributed by atoms with van der Waals surface area (Å²) < 4.78 is 74.7. The second-order valence-electron chi connectivity index (χ2n) is 8.72. The van der Waals surface area contributed by atoms with Crippen molar-refractivity contribution in [2.75, 3.05) is 13.1 Å². The van der Waals surface area contributed by atoms with Gasteiger partial charge in [0.1, 0.15) is 17.1 Å². The van der Waals surface area contributed by atoms with E-state index in [4.69, 9.17) is 4.74 Å². The first-order chi connectivity index (χ1) is 14.8. The van der Waals surface area contributed by atoms with Gasteiger partial charge in [0.05, 0.1) is 4.90 Å². The van der Waals surface area contributed by atoms with E-state index < -0.39 is 22.1 Å². The van der Waals surface area contributed by atoms with E-state index in [0.29, 0.717) is 26.1 Å². The number of benzene rings is 2. The number of hydrogen-bond donors (Lipinski definition) is 1. The van der Waals surface area contributed by atoms with Crippen LogP contribution < -0.4 is 14.2 Å². The Labute approximate surface area is 186 Å². The van der Waals surface area contributed by atoms with Crippen molar-refractivity contribution in [1.82, 2.24) is 9.62 Å². The van der Waals surface area contributed by atoms with E-state index in [0.717, 1.165) is 23.4 Å². The first-order valence-electron chi connectivity index (χ1n) is 10.2. The van der Waals surface area contributed by atoms with Gasteiger partial charge in [0.25, 0.3) is 0 Å². The van der Waals surface area contributed by atoms with E-state index in [1.165, 1.54) is 12.1 Å². The van der Waals surface area contributed by atoms with Gasteiger partial charge in [-0.25, -0.2) is 13.1 Å². The molecule has 32 heavy (non-hydrogen) atoms.